The van der Waals surface area contributed by atoms with Crippen LogP contribution in [-0.2, 0) is 4.79 Å². The molecule has 1 aliphatic heterocycles. The van der Waals surface area contributed by atoms with Gasteiger partial charge in [-0.25, -0.2) is 9.59 Å². The number of urea groups is 1. The smallest absolute Gasteiger partial charge is 0.327 e. The van der Waals surface area contributed by atoms with Crippen molar-refractivity contribution in [2.45, 2.75) is 33.7 Å². The lowest BCUT2D eigenvalue weighted by atomic mass is 9.85. The molecule has 0 aromatic carbocycles. The number of aliphatic carboxylic acids is 1. The minimum absolute atomic E-state index is 0.260. The van der Waals surface area contributed by atoms with Gasteiger partial charge in [-0.1, -0.05) is 27.7 Å². The quantitative estimate of drug-likeness (QED) is 0.812. The zero-order valence-electron chi connectivity index (χ0n) is 12.0. The number of hydrogen-bond acceptors (Lipinski definition) is 3. The highest BCUT2D eigenvalue weighted by molar-refractivity contribution is 7.99. The summed E-state index contributed by atoms with van der Waals surface area (Å²) < 4.78 is 0. The van der Waals surface area contributed by atoms with Crippen molar-refractivity contribution in [3.8, 4) is 0 Å². The maximum Gasteiger partial charge on any atom is 0.327 e. The summed E-state index contributed by atoms with van der Waals surface area (Å²) >= 11 is 1.48. The van der Waals surface area contributed by atoms with Crippen LogP contribution in [0, 0.1) is 17.8 Å². The molecule has 1 atom stereocenters. The van der Waals surface area contributed by atoms with Crippen molar-refractivity contribution in [2.75, 3.05) is 18.2 Å². The zero-order chi connectivity index (χ0) is 14.6. The van der Waals surface area contributed by atoms with E-state index in [1.807, 2.05) is 0 Å². The molecule has 1 rings (SSSR count). The number of carbonyl (C=O) groups is 2. The van der Waals surface area contributed by atoms with Gasteiger partial charge in [0.15, 0.2) is 0 Å². The lowest BCUT2D eigenvalue weighted by Gasteiger charge is -2.27. The molecule has 1 fully saturated rings. The van der Waals surface area contributed by atoms with Gasteiger partial charge in [-0.15, -0.1) is 11.8 Å². The molecule has 0 saturated carbocycles. The topological polar surface area (TPSA) is 69.6 Å². The molecule has 2 N–H and O–H groups in total. The second-order valence-electron chi connectivity index (χ2n) is 5.66. The van der Waals surface area contributed by atoms with Crippen molar-refractivity contribution in [1.29, 1.82) is 0 Å². The van der Waals surface area contributed by atoms with Gasteiger partial charge >= 0.3 is 12.0 Å². The molecule has 6 heteroatoms. The van der Waals surface area contributed by atoms with E-state index in [1.165, 1.54) is 16.7 Å². The average Bonchev–Trinajstić information content (AvgIpc) is 2.76. The number of carboxylic acids is 1. The van der Waals surface area contributed by atoms with E-state index < -0.39 is 12.0 Å². The molecule has 1 saturated heterocycles. The fraction of sp³-hybridized carbons (Fsp3) is 0.846. The third kappa shape index (κ3) is 4.30. The van der Waals surface area contributed by atoms with E-state index in [0.29, 0.717) is 35.9 Å². The van der Waals surface area contributed by atoms with Crippen LogP contribution < -0.4 is 5.32 Å². The standard InChI is InChI=1S/C13H24N2O3S/c1-8(2)10(9(3)4)5-14-13(18)15-7-19-6-11(15)12(16)17/h8-11H,5-7H2,1-4H3,(H,14,18)(H,16,17). The van der Waals surface area contributed by atoms with Gasteiger partial charge in [-0.3, -0.25) is 0 Å². The highest BCUT2D eigenvalue weighted by Crippen LogP contribution is 2.22. The van der Waals surface area contributed by atoms with Crippen molar-refractivity contribution < 1.29 is 14.7 Å². The van der Waals surface area contributed by atoms with Gasteiger partial charge < -0.3 is 15.3 Å². The van der Waals surface area contributed by atoms with Gasteiger partial charge in [0.1, 0.15) is 6.04 Å². The first-order valence-electron chi connectivity index (χ1n) is 6.69. The molecule has 2 amide bonds. The first kappa shape index (κ1) is 16.1. The molecule has 1 heterocycles. The molecule has 0 aromatic rings. The van der Waals surface area contributed by atoms with Crippen molar-refractivity contribution in [2.24, 2.45) is 17.8 Å². The third-order valence-corrected chi connectivity index (χ3v) is 4.64. The van der Waals surface area contributed by atoms with Gasteiger partial charge in [0.25, 0.3) is 0 Å². The Morgan fingerprint density at radius 2 is 1.89 bits per heavy atom. The summed E-state index contributed by atoms with van der Waals surface area (Å²) in [5.41, 5.74) is 0. The molecular weight excluding hydrogens is 264 g/mol. The predicted octanol–water partition coefficient (Wildman–Crippen LogP) is 2.08. The summed E-state index contributed by atoms with van der Waals surface area (Å²) in [4.78, 5) is 24.5. The van der Waals surface area contributed by atoms with Crippen LogP contribution in [0.15, 0.2) is 0 Å². The maximum absolute atomic E-state index is 12.0. The molecular formula is C13H24N2O3S. The Kier molecular flexibility index (Phi) is 5.97. The molecule has 19 heavy (non-hydrogen) atoms. The molecule has 1 aliphatic rings. The van der Waals surface area contributed by atoms with E-state index in [2.05, 4.69) is 33.0 Å². The van der Waals surface area contributed by atoms with Crippen molar-refractivity contribution in [3.05, 3.63) is 0 Å². The molecule has 110 valence electrons. The van der Waals surface area contributed by atoms with E-state index in [9.17, 15) is 9.59 Å². The molecule has 0 aromatic heterocycles. The second kappa shape index (κ2) is 7.03. The second-order valence-corrected chi connectivity index (χ2v) is 6.66. The Balaban J connectivity index is 2.53. The van der Waals surface area contributed by atoms with E-state index >= 15 is 0 Å². The van der Waals surface area contributed by atoms with Crippen molar-refractivity contribution >= 4 is 23.8 Å². The van der Waals surface area contributed by atoms with Crippen LogP contribution >= 0.6 is 11.8 Å². The number of rotatable bonds is 5. The molecule has 0 bridgehead atoms. The Hall–Kier alpha value is -0.910. The summed E-state index contributed by atoms with van der Waals surface area (Å²) in [5.74, 6) is 1.39. The van der Waals surface area contributed by atoms with Crippen molar-refractivity contribution in [1.82, 2.24) is 10.2 Å². The van der Waals surface area contributed by atoms with E-state index in [0.717, 1.165) is 0 Å². The van der Waals surface area contributed by atoms with Gasteiger partial charge in [0.2, 0.25) is 0 Å². The SMILES string of the molecule is CC(C)C(CNC(=O)N1CSCC1C(=O)O)C(C)C. The van der Waals surface area contributed by atoms with Crippen LogP contribution in [0.2, 0.25) is 0 Å². The fourth-order valence-corrected chi connectivity index (χ4v) is 3.54. The Morgan fingerprint density at radius 1 is 1.32 bits per heavy atom. The minimum atomic E-state index is -0.926. The minimum Gasteiger partial charge on any atom is -0.480 e. The Morgan fingerprint density at radius 3 is 2.37 bits per heavy atom. The zero-order valence-corrected chi connectivity index (χ0v) is 12.9. The van der Waals surface area contributed by atoms with Crippen LogP contribution in [0.3, 0.4) is 0 Å². The number of nitrogens with one attached hydrogen (secondary N) is 1. The van der Waals surface area contributed by atoms with E-state index in [-0.39, 0.29) is 6.03 Å². The monoisotopic (exact) mass is 288 g/mol. The summed E-state index contributed by atoms with van der Waals surface area (Å²) in [5, 5.41) is 11.9. The van der Waals surface area contributed by atoms with Gasteiger partial charge in [-0.2, -0.15) is 0 Å². The number of hydrogen-bond donors (Lipinski definition) is 2. The predicted molar refractivity (Wildman–Crippen MR) is 77.2 cm³/mol. The molecule has 5 nitrogen and oxygen atoms in total. The summed E-state index contributed by atoms with van der Waals surface area (Å²) in [6.07, 6.45) is 0. The fourth-order valence-electron chi connectivity index (χ4n) is 2.40. The molecule has 0 spiro atoms. The van der Waals surface area contributed by atoms with Crippen LogP contribution in [0.4, 0.5) is 4.79 Å². The summed E-state index contributed by atoms with van der Waals surface area (Å²) in [6.45, 7) is 9.16. The highest BCUT2D eigenvalue weighted by Gasteiger charge is 2.34. The van der Waals surface area contributed by atoms with Crippen LogP contribution in [0.5, 0.6) is 0 Å². The molecule has 0 radical (unpaired) electrons. The van der Waals surface area contributed by atoms with Gasteiger partial charge in [0, 0.05) is 12.3 Å². The normalized spacial score (nSPS) is 19.5. The van der Waals surface area contributed by atoms with Crippen LogP contribution in [0.25, 0.3) is 0 Å². The Labute approximate surface area is 119 Å². The lowest BCUT2D eigenvalue weighted by molar-refractivity contribution is -0.140. The van der Waals surface area contributed by atoms with Gasteiger partial charge in [0.05, 0.1) is 5.88 Å². The van der Waals surface area contributed by atoms with E-state index in [4.69, 9.17) is 5.11 Å². The number of carbonyl (C=O) groups excluding carboxylic acids is 1. The summed E-state index contributed by atoms with van der Waals surface area (Å²) in [6, 6.07) is -0.953. The Bertz CT molecular complexity index is 326. The lowest BCUT2D eigenvalue weighted by Crippen LogP contribution is -2.48. The van der Waals surface area contributed by atoms with E-state index in [1.54, 1.807) is 0 Å². The highest BCUT2D eigenvalue weighted by atomic mass is 32.2. The molecule has 0 aliphatic carbocycles. The number of nitrogens with zero attached hydrogens (tertiary/aromatic N) is 1. The largest absolute Gasteiger partial charge is 0.480 e. The molecule has 1 unspecified atom stereocenters. The average molecular weight is 288 g/mol. The van der Waals surface area contributed by atoms with Crippen LogP contribution in [-0.4, -0.2) is 46.2 Å². The number of amides is 2. The first-order chi connectivity index (χ1) is 8.84. The summed E-state index contributed by atoms with van der Waals surface area (Å²) in [7, 11) is 0. The van der Waals surface area contributed by atoms with Crippen LogP contribution in [0.1, 0.15) is 27.7 Å². The first-order valence-corrected chi connectivity index (χ1v) is 7.85. The number of carboxylic acid groups (broad SMARTS) is 1. The number of thioether (sulfide) groups is 1. The van der Waals surface area contributed by atoms with Crippen molar-refractivity contribution in [3.63, 3.8) is 0 Å². The third-order valence-electron chi connectivity index (χ3n) is 3.63. The van der Waals surface area contributed by atoms with Gasteiger partial charge in [-0.05, 0) is 17.8 Å². The maximum atomic E-state index is 12.0.